The van der Waals surface area contributed by atoms with Crippen molar-refractivity contribution in [2.75, 3.05) is 0 Å². The standard InChI is InChI=1S/C15H17N3O3/c19-14(10-12-8-9-16-18-12)17-13(15(20)21)7-6-11-4-2-1-3-5-11/h1-5,8-9,13H,6-7,10H2,(H,16,18)(H,17,19)(H,20,21). The summed E-state index contributed by atoms with van der Waals surface area (Å²) in [5, 5.41) is 18.1. The van der Waals surface area contributed by atoms with Crippen LogP contribution in [-0.4, -0.2) is 33.2 Å². The predicted molar refractivity (Wildman–Crippen MR) is 76.6 cm³/mol. The molecule has 2 rings (SSSR count). The normalized spacial score (nSPS) is 11.8. The average molecular weight is 287 g/mol. The summed E-state index contributed by atoms with van der Waals surface area (Å²) in [7, 11) is 0. The molecule has 0 aliphatic carbocycles. The van der Waals surface area contributed by atoms with Crippen molar-refractivity contribution in [1.82, 2.24) is 15.5 Å². The fourth-order valence-corrected chi connectivity index (χ4v) is 2.01. The van der Waals surface area contributed by atoms with Gasteiger partial charge in [-0.25, -0.2) is 4.79 Å². The van der Waals surface area contributed by atoms with Gasteiger partial charge in [-0.05, 0) is 24.5 Å². The van der Waals surface area contributed by atoms with E-state index in [9.17, 15) is 14.7 Å². The second kappa shape index (κ2) is 7.23. The number of carboxylic acid groups (broad SMARTS) is 1. The minimum absolute atomic E-state index is 0.0924. The van der Waals surface area contributed by atoms with Gasteiger partial charge >= 0.3 is 5.97 Å². The lowest BCUT2D eigenvalue weighted by Gasteiger charge is -2.14. The number of carbonyl (C=O) groups is 2. The van der Waals surface area contributed by atoms with Gasteiger partial charge in [0.2, 0.25) is 5.91 Å². The third kappa shape index (κ3) is 4.76. The van der Waals surface area contributed by atoms with E-state index in [1.807, 2.05) is 30.3 Å². The summed E-state index contributed by atoms with van der Waals surface area (Å²) in [6.07, 6.45) is 2.60. The Balaban J connectivity index is 1.87. The number of aryl methyl sites for hydroxylation is 1. The molecule has 1 heterocycles. The lowest BCUT2D eigenvalue weighted by atomic mass is 10.1. The number of hydrogen-bond acceptors (Lipinski definition) is 3. The first kappa shape index (κ1) is 14.8. The molecule has 0 aliphatic rings. The molecule has 0 radical (unpaired) electrons. The van der Waals surface area contributed by atoms with Gasteiger partial charge in [0.1, 0.15) is 6.04 Å². The van der Waals surface area contributed by atoms with Crippen LogP contribution in [-0.2, 0) is 22.4 Å². The smallest absolute Gasteiger partial charge is 0.326 e. The quantitative estimate of drug-likeness (QED) is 0.712. The first-order chi connectivity index (χ1) is 10.1. The van der Waals surface area contributed by atoms with Crippen molar-refractivity contribution in [3.63, 3.8) is 0 Å². The van der Waals surface area contributed by atoms with Gasteiger partial charge in [0.25, 0.3) is 0 Å². The van der Waals surface area contributed by atoms with Gasteiger partial charge in [-0.3, -0.25) is 9.89 Å². The maximum atomic E-state index is 11.8. The van der Waals surface area contributed by atoms with Crippen molar-refractivity contribution < 1.29 is 14.7 Å². The molecule has 0 aliphatic heterocycles. The van der Waals surface area contributed by atoms with Crippen LogP contribution in [0.2, 0.25) is 0 Å². The van der Waals surface area contributed by atoms with E-state index in [1.54, 1.807) is 12.3 Å². The fourth-order valence-electron chi connectivity index (χ4n) is 2.01. The summed E-state index contributed by atoms with van der Waals surface area (Å²) in [5.74, 6) is -1.36. The molecular formula is C15H17N3O3. The van der Waals surface area contributed by atoms with Gasteiger partial charge in [-0.1, -0.05) is 30.3 Å². The first-order valence-corrected chi connectivity index (χ1v) is 6.69. The van der Waals surface area contributed by atoms with Crippen molar-refractivity contribution in [2.24, 2.45) is 0 Å². The zero-order valence-corrected chi connectivity index (χ0v) is 11.5. The van der Waals surface area contributed by atoms with Gasteiger partial charge in [0, 0.05) is 11.9 Å². The highest BCUT2D eigenvalue weighted by molar-refractivity contribution is 5.84. The highest BCUT2D eigenvalue weighted by Gasteiger charge is 2.19. The Morgan fingerprint density at radius 1 is 1.24 bits per heavy atom. The third-order valence-corrected chi connectivity index (χ3v) is 3.11. The van der Waals surface area contributed by atoms with Crippen LogP contribution in [0.5, 0.6) is 0 Å². The molecule has 1 atom stereocenters. The number of aromatic nitrogens is 2. The van der Waals surface area contributed by atoms with E-state index < -0.39 is 12.0 Å². The van der Waals surface area contributed by atoms with E-state index in [2.05, 4.69) is 15.5 Å². The molecule has 0 saturated heterocycles. The average Bonchev–Trinajstić information content (AvgIpc) is 2.97. The fraction of sp³-hybridized carbons (Fsp3) is 0.267. The number of hydrogen-bond donors (Lipinski definition) is 3. The van der Waals surface area contributed by atoms with E-state index >= 15 is 0 Å². The lowest BCUT2D eigenvalue weighted by Crippen LogP contribution is -2.41. The molecule has 1 unspecified atom stereocenters. The molecule has 21 heavy (non-hydrogen) atoms. The van der Waals surface area contributed by atoms with Crippen LogP contribution in [0.4, 0.5) is 0 Å². The number of amides is 1. The molecule has 2 aromatic rings. The first-order valence-electron chi connectivity index (χ1n) is 6.69. The third-order valence-electron chi connectivity index (χ3n) is 3.11. The molecule has 0 bridgehead atoms. The van der Waals surface area contributed by atoms with Crippen LogP contribution < -0.4 is 5.32 Å². The van der Waals surface area contributed by atoms with E-state index in [0.29, 0.717) is 18.5 Å². The lowest BCUT2D eigenvalue weighted by molar-refractivity contribution is -0.141. The molecular weight excluding hydrogens is 270 g/mol. The molecule has 110 valence electrons. The van der Waals surface area contributed by atoms with Gasteiger partial charge in [-0.2, -0.15) is 5.10 Å². The minimum Gasteiger partial charge on any atom is -0.480 e. The second-order valence-electron chi connectivity index (χ2n) is 4.74. The summed E-state index contributed by atoms with van der Waals surface area (Å²) in [6, 6.07) is 10.4. The Bertz CT molecular complexity index is 581. The molecule has 0 saturated carbocycles. The summed E-state index contributed by atoms with van der Waals surface area (Å²) >= 11 is 0. The molecule has 6 nitrogen and oxygen atoms in total. The number of H-pyrrole nitrogens is 1. The highest BCUT2D eigenvalue weighted by atomic mass is 16.4. The van der Waals surface area contributed by atoms with E-state index in [1.165, 1.54) is 0 Å². The van der Waals surface area contributed by atoms with Crippen molar-refractivity contribution in [2.45, 2.75) is 25.3 Å². The number of benzene rings is 1. The molecule has 0 fully saturated rings. The van der Waals surface area contributed by atoms with E-state index in [4.69, 9.17) is 0 Å². The Hall–Kier alpha value is -2.63. The van der Waals surface area contributed by atoms with Crippen LogP contribution in [0.15, 0.2) is 42.6 Å². The van der Waals surface area contributed by atoms with E-state index in [0.717, 1.165) is 5.56 Å². The molecule has 0 spiro atoms. The SMILES string of the molecule is O=C(Cc1ccn[nH]1)NC(CCc1ccccc1)C(=O)O. The second-order valence-corrected chi connectivity index (χ2v) is 4.74. The number of aliphatic carboxylic acids is 1. The van der Waals surface area contributed by atoms with Gasteiger partial charge in [0.05, 0.1) is 6.42 Å². The summed E-state index contributed by atoms with van der Waals surface area (Å²) in [4.78, 5) is 23.0. The minimum atomic E-state index is -1.02. The summed E-state index contributed by atoms with van der Waals surface area (Å²) in [6.45, 7) is 0. The maximum absolute atomic E-state index is 11.8. The van der Waals surface area contributed by atoms with Gasteiger partial charge in [-0.15, -0.1) is 0 Å². The van der Waals surface area contributed by atoms with Crippen molar-refractivity contribution >= 4 is 11.9 Å². The van der Waals surface area contributed by atoms with E-state index in [-0.39, 0.29) is 12.3 Å². The Morgan fingerprint density at radius 3 is 2.62 bits per heavy atom. The van der Waals surface area contributed by atoms with Crippen LogP contribution in [0.25, 0.3) is 0 Å². The van der Waals surface area contributed by atoms with Gasteiger partial charge < -0.3 is 10.4 Å². The highest BCUT2D eigenvalue weighted by Crippen LogP contribution is 2.06. The molecule has 1 amide bonds. The van der Waals surface area contributed by atoms with Crippen molar-refractivity contribution in [3.05, 3.63) is 53.9 Å². The molecule has 1 aromatic heterocycles. The zero-order chi connectivity index (χ0) is 15.1. The maximum Gasteiger partial charge on any atom is 0.326 e. The number of rotatable bonds is 7. The number of carboxylic acids is 1. The van der Waals surface area contributed by atoms with Crippen LogP contribution in [0.1, 0.15) is 17.7 Å². The van der Waals surface area contributed by atoms with Gasteiger partial charge in [0.15, 0.2) is 0 Å². The Kier molecular flexibility index (Phi) is 5.09. The zero-order valence-electron chi connectivity index (χ0n) is 11.5. The topological polar surface area (TPSA) is 95.1 Å². The number of nitrogens with zero attached hydrogens (tertiary/aromatic N) is 1. The number of nitrogens with one attached hydrogen (secondary N) is 2. The molecule has 6 heteroatoms. The monoisotopic (exact) mass is 287 g/mol. The molecule has 3 N–H and O–H groups in total. The van der Waals surface area contributed by atoms with Crippen LogP contribution in [0, 0.1) is 0 Å². The Labute approximate surface area is 122 Å². The van der Waals surface area contributed by atoms with Crippen molar-refractivity contribution in [3.8, 4) is 0 Å². The number of aromatic amines is 1. The largest absolute Gasteiger partial charge is 0.480 e. The summed E-state index contributed by atoms with van der Waals surface area (Å²) < 4.78 is 0. The molecule has 1 aromatic carbocycles. The van der Waals surface area contributed by atoms with Crippen molar-refractivity contribution in [1.29, 1.82) is 0 Å². The van der Waals surface area contributed by atoms with Crippen LogP contribution >= 0.6 is 0 Å². The number of carbonyl (C=O) groups excluding carboxylic acids is 1. The van der Waals surface area contributed by atoms with Crippen LogP contribution in [0.3, 0.4) is 0 Å². The summed E-state index contributed by atoms with van der Waals surface area (Å²) in [5.41, 5.74) is 1.70. The predicted octanol–water partition coefficient (Wildman–Crippen LogP) is 1.15. The Morgan fingerprint density at radius 2 is 2.00 bits per heavy atom.